The number of rotatable bonds is 4. The molecular formula is C13H18BrNO3S. The number of benzene rings is 1. The van der Waals surface area contributed by atoms with Gasteiger partial charge >= 0.3 is 0 Å². The molecule has 2 rings (SSSR count). The van der Waals surface area contributed by atoms with E-state index < -0.39 is 9.84 Å². The van der Waals surface area contributed by atoms with Gasteiger partial charge in [-0.3, -0.25) is 0 Å². The normalized spacial score (nSPS) is 25.4. The zero-order valence-electron chi connectivity index (χ0n) is 10.9. The molecule has 1 aromatic carbocycles. The maximum Gasteiger partial charge on any atom is 0.150 e. The molecule has 0 aliphatic carbocycles. The number of hydrogen-bond donors (Lipinski definition) is 1. The average molecular weight is 348 g/mol. The van der Waals surface area contributed by atoms with Crippen molar-refractivity contribution in [3.63, 3.8) is 0 Å². The lowest BCUT2D eigenvalue weighted by Gasteiger charge is -2.26. The lowest BCUT2D eigenvalue weighted by Crippen LogP contribution is -2.34. The first-order valence-electron chi connectivity index (χ1n) is 6.13. The van der Waals surface area contributed by atoms with Crippen LogP contribution in [0, 0.1) is 5.41 Å². The number of halogens is 1. The highest BCUT2D eigenvalue weighted by atomic mass is 79.9. The van der Waals surface area contributed by atoms with Crippen molar-refractivity contribution in [2.45, 2.75) is 12.8 Å². The van der Waals surface area contributed by atoms with Gasteiger partial charge in [0, 0.05) is 9.89 Å². The summed E-state index contributed by atoms with van der Waals surface area (Å²) in [4.78, 5) is 0. The molecule has 1 aliphatic heterocycles. The molecule has 1 heterocycles. The van der Waals surface area contributed by atoms with Crippen molar-refractivity contribution in [2.24, 2.45) is 11.1 Å². The van der Waals surface area contributed by atoms with Gasteiger partial charge in [0.2, 0.25) is 0 Å². The van der Waals surface area contributed by atoms with Gasteiger partial charge in [-0.15, -0.1) is 0 Å². The standard InChI is InChI=1S/C13H18BrNO3S/c1-18-11-2-3-12(14)10(6-11)7-13(8-15)4-5-19(16,17)9-13/h2-3,6H,4-5,7-9,15H2,1H3. The molecule has 4 nitrogen and oxygen atoms in total. The van der Waals surface area contributed by atoms with Gasteiger partial charge in [-0.1, -0.05) is 15.9 Å². The van der Waals surface area contributed by atoms with Crippen LogP contribution in [0.4, 0.5) is 0 Å². The van der Waals surface area contributed by atoms with E-state index in [9.17, 15) is 8.42 Å². The molecule has 0 spiro atoms. The van der Waals surface area contributed by atoms with E-state index in [1.165, 1.54) is 0 Å². The zero-order chi connectivity index (χ0) is 14.1. The van der Waals surface area contributed by atoms with Crippen molar-refractivity contribution >= 4 is 25.8 Å². The van der Waals surface area contributed by atoms with Crippen molar-refractivity contribution in [1.29, 1.82) is 0 Å². The third-order valence-corrected chi connectivity index (χ3v) is 6.37. The number of methoxy groups -OCH3 is 1. The van der Waals surface area contributed by atoms with Gasteiger partial charge in [0.05, 0.1) is 18.6 Å². The molecule has 1 aromatic rings. The predicted octanol–water partition coefficient (Wildman–Crippen LogP) is 1.76. The van der Waals surface area contributed by atoms with Gasteiger partial charge in [-0.25, -0.2) is 8.42 Å². The van der Waals surface area contributed by atoms with Crippen molar-refractivity contribution in [2.75, 3.05) is 25.2 Å². The SMILES string of the molecule is COc1ccc(Br)c(CC2(CN)CCS(=O)(=O)C2)c1. The highest BCUT2D eigenvalue weighted by molar-refractivity contribution is 9.10. The summed E-state index contributed by atoms with van der Waals surface area (Å²) in [6.07, 6.45) is 1.29. The fourth-order valence-corrected chi connectivity index (χ4v) is 5.15. The smallest absolute Gasteiger partial charge is 0.150 e. The van der Waals surface area contributed by atoms with E-state index >= 15 is 0 Å². The summed E-state index contributed by atoms with van der Waals surface area (Å²) >= 11 is 3.50. The fourth-order valence-electron chi connectivity index (χ4n) is 2.57. The Kier molecular flexibility index (Phi) is 4.23. The first-order valence-corrected chi connectivity index (χ1v) is 8.74. The van der Waals surface area contributed by atoms with E-state index in [2.05, 4.69) is 15.9 Å². The number of sulfone groups is 1. The summed E-state index contributed by atoms with van der Waals surface area (Å²) in [5, 5.41) is 0. The third kappa shape index (κ3) is 3.30. The Bertz CT molecular complexity index is 573. The second-order valence-corrected chi connectivity index (χ2v) is 8.22. The molecule has 0 amide bonds. The Morgan fingerprint density at radius 1 is 1.47 bits per heavy atom. The van der Waals surface area contributed by atoms with Gasteiger partial charge < -0.3 is 10.5 Å². The molecule has 0 aromatic heterocycles. The van der Waals surface area contributed by atoms with Gasteiger partial charge in [-0.05, 0) is 43.1 Å². The van der Waals surface area contributed by atoms with Crippen LogP contribution in [0.1, 0.15) is 12.0 Å². The number of ether oxygens (including phenoxy) is 1. The largest absolute Gasteiger partial charge is 0.497 e. The Balaban J connectivity index is 2.29. The van der Waals surface area contributed by atoms with E-state index in [0.717, 1.165) is 15.8 Å². The maximum absolute atomic E-state index is 11.7. The molecule has 1 aliphatic rings. The monoisotopic (exact) mass is 347 g/mol. The van der Waals surface area contributed by atoms with Crippen molar-refractivity contribution in [3.05, 3.63) is 28.2 Å². The van der Waals surface area contributed by atoms with Gasteiger partial charge in [0.25, 0.3) is 0 Å². The average Bonchev–Trinajstić information content (AvgIpc) is 2.68. The highest BCUT2D eigenvalue weighted by Gasteiger charge is 2.41. The molecule has 0 bridgehead atoms. The molecule has 0 radical (unpaired) electrons. The lowest BCUT2D eigenvalue weighted by molar-refractivity contribution is 0.343. The first kappa shape index (κ1) is 14.8. The summed E-state index contributed by atoms with van der Waals surface area (Å²) in [5.74, 6) is 1.19. The summed E-state index contributed by atoms with van der Waals surface area (Å²) in [6.45, 7) is 0.385. The molecule has 6 heteroatoms. The fraction of sp³-hybridized carbons (Fsp3) is 0.538. The molecule has 0 saturated carbocycles. The minimum Gasteiger partial charge on any atom is -0.497 e. The van der Waals surface area contributed by atoms with Crippen LogP contribution in [0.3, 0.4) is 0 Å². The molecule has 1 unspecified atom stereocenters. The van der Waals surface area contributed by atoms with E-state index in [-0.39, 0.29) is 16.9 Å². The lowest BCUT2D eigenvalue weighted by atomic mass is 9.81. The zero-order valence-corrected chi connectivity index (χ0v) is 13.3. The molecule has 2 N–H and O–H groups in total. The molecule has 1 fully saturated rings. The number of nitrogens with two attached hydrogens (primary N) is 1. The van der Waals surface area contributed by atoms with Crippen molar-refractivity contribution < 1.29 is 13.2 Å². The highest BCUT2D eigenvalue weighted by Crippen LogP contribution is 2.37. The van der Waals surface area contributed by atoms with E-state index in [4.69, 9.17) is 10.5 Å². The van der Waals surface area contributed by atoms with E-state index in [1.54, 1.807) is 7.11 Å². The quantitative estimate of drug-likeness (QED) is 0.900. The topological polar surface area (TPSA) is 69.4 Å². The van der Waals surface area contributed by atoms with Crippen LogP contribution in [0.2, 0.25) is 0 Å². The minimum atomic E-state index is -2.94. The van der Waals surface area contributed by atoms with Gasteiger partial charge in [0.15, 0.2) is 9.84 Å². The Hall–Kier alpha value is -0.590. The first-order chi connectivity index (χ1) is 8.90. The summed E-state index contributed by atoms with van der Waals surface area (Å²) in [6, 6.07) is 5.72. The summed E-state index contributed by atoms with van der Waals surface area (Å²) in [5.41, 5.74) is 6.55. The predicted molar refractivity (Wildman–Crippen MR) is 79.2 cm³/mol. The summed E-state index contributed by atoms with van der Waals surface area (Å²) in [7, 11) is -1.32. The van der Waals surface area contributed by atoms with Crippen LogP contribution < -0.4 is 10.5 Å². The second kappa shape index (κ2) is 5.42. The van der Waals surface area contributed by atoms with Gasteiger partial charge in [-0.2, -0.15) is 0 Å². The summed E-state index contributed by atoms with van der Waals surface area (Å²) < 4.78 is 29.6. The van der Waals surface area contributed by atoms with Crippen LogP contribution >= 0.6 is 15.9 Å². The van der Waals surface area contributed by atoms with Crippen LogP contribution in [0.25, 0.3) is 0 Å². The van der Waals surface area contributed by atoms with Crippen molar-refractivity contribution in [1.82, 2.24) is 0 Å². The molecular weight excluding hydrogens is 330 g/mol. The Morgan fingerprint density at radius 3 is 2.74 bits per heavy atom. The minimum absolute atomic E-state index is 0.181. The maximum atomic E-state index is 11.7. The Morgan fingerprint density at radius 2 is 2.21 bits per heavy atom. The Labute approximate surface area is 122 Å². The van der Waals surface area contributed by atoms with Crippen molar-refractivity contribution in [3.8, 4) is 5.75 Å². The van der Waals surface area contributed by atoms with Crippen LogP contribution in [-0.4, -0.2) is 33.6 Å². The second-order valence-electron chi connectivity index (χ2n) is 5.18. The molecule has 1 atom stereocenters. The van der Waals surface area contributed by atoms with E-state index in [1.807, 2.05) is 18.2 Å². The van der Waals surface area contributed by atoms with Crippen LogP contribution in [0.15, 0.2) is 22.7 Å². The molecule has 106 valence electrons. The van der Waals surface area contributed by atoms with E-state index in [0.29, 0.717) is 19.4 Å². The third-order valence-electron chi connectivity index (χ3n) is 3.72. The van der Waals surface area contributed by atoms with Crippen LogP contribution in [-0.2, 0) is 16.3 Å². The van der Waals surface area contributed by atoms with Gasteiger partial charge in [0.1, 0.15) is 5.75 Å². The van der Waals surface area contributed by atoms with Crippen LogP contribution in [0.5, 0.6) is 5.75 Å². The molecule has 1 saturated heterocycles. The molecule has 19 heavy (non-hydrogen) atoms. The number of hydrogen-bond acceptors (Lipinski definition) is 4.